The molecule has 23 heavy (non-hydrogen) atoms. The first kappa shape index (κ1) is 14.1. The lowest BCUT2D eigenvalue weighted by Gasteiger charge is -2.22. The van der Waals surface area contributed by atoms with Crippen molar-refractivity contribution in [2.45, 2.75) is 31.8 Å². The molecule has 0 amide bonds. The molecule has 5 nitrogen and oxygen atoms in total. The summed E-state index contributed by atoms with van der Waals surface area (Å²) in [5.41, 5.74) is 4.48. The van der Waals surface area contributed by atoms with Gasteiger partial charge in [0.1, 0.15) is 5.82 Å². The first-order valence-electron chi connectivity index (χ1n) is 7.84. The van der Waals surface area contributed by atoms with Gasteiger partial charge in [0, 0.05) is 24.3 Å². The molecular weight excluding hydrogens is 293 g/mol. The van der Waals surface area contributed by atoms with Crippen molar-refractivity contribution in [1.29, 1.82) is 0 Å². The fourth-order valence-electron chi connectivity index (χ4n) is 3.09. The Hall–Kier alpha value is -2.47. The van der Waals surface area contributed by atoms with Gasteiger partial charge in [0.15, 0.2) is 0 Å². The van der Waals surface area contributed by atoms with E-state index in [0.29, 0.717) is 6.04 Å². The minimum atomic E-state index is -0.240. The number of aromatic amines is 1. The lowest BCUT2D eigenvalue weighted by Crippen LogP contribution is -2.24. The highest BCUT2D eigenvalue weighted by Gasteiger charge is 2.21. The molecule has 1 aromatic carbocycles. The molecule has 0 saturated heterocycles. The number of nitrogens with one attached hydrogen (secondary N) is 2. The predicted octanol–water partition coefficient (Wildman–Crippen LogP) is 2.90. The molecule has 1 unspecified atom stereocenters. The van der Waals surface area contributed by atoms with E-state index >= 15 is 0 Å². The molecule has 3 aromatic rings. The average molecular weight is 311 g/mol. The van der Waals surface area contributed by atoms with Crippen molar-refractivity contribution in [3.05, 3.63) is 65.5 Å². The molecule has 0 radical (unpaired) electrons. The summed E-state index contributed by atoms with van der Waals surface area (Å²) in [5.74, 6) is -0.240. The Kier molecular flexibility index (Phi) is 3.67. The number of benzene rings is 1. The van der Waals surface area contributed by atoms with E-state index < -0.39 is 0 Å². The van der Waals surface area contributed by atoms with Crippen LogP contribution in [0.5, 0.6) is 0 Å². The fraction of sp³-hybridized carbons (Fsp3) is 0.294. The lowest BCUT2D eigenvalue weighted by atomic mass is 9.93. The summed E-state index contributed by atoms with van der Waals surface area (Å²) in [5, 5.41) is 15.2. The van der Waals surface area contributed by atoms with Crippen molar-refractivity contribution in [3.63, 3.8) is 0 Å². The van der Waals surface area contributed by atoms with Gasteiger partial charge in [0.05, 0.1) is 23.8 Å². The molecule has 1 atom stereocenters. The quantitative estimate of drug-likeness (QED) is 0.779. The van der Waals surface area contributed by atoms with Crippen molar-refractivity contribution >= 4 is 0 Å². The molecule has 6 heteroatoms. The number of aryl methyl sites for hydroxylation is 1. The van der Waals surface area contributed by atoms with Gasteiger partial charge in [-0.15, -0.1) is 0 Å². The van der Waals surface area contributed by atoms with Gasteiger partial charge in [-0.05, 0) is 49.1 Å². The van der Waals surface area contributed by atoms with Gasteiger partial charge in [-0.2, -0.15) is 10.2 Å². The molecule has 2 heterocycles. The molecule has 2 aromatic heterocycles. The summed E-state index contributed by atoms with van der Waals surface area (Å²) in [6, 6.07) is 6.64. The van der Waals surface area contributed by atoms with Crippen LogP contribution in [-0.4, -0.2) is 20.0 Å². The van der Waals surface area contributed by atoms with Crippen molar-refractivity contribution in [2.75, 3.05) is 0 Å². The first-order valence-corrected chi connectivity index (χ1v) is 7.84. The number of fused-ring (bicyclic) bond motifs is 1. The van der Waals surface area contributed by atoms with E-state index in [0.717, 1.165) is 30.6 Å². The molecule has 2 N–H and O–H groups in total. The molecule has 1 aliphatic rings. The third-order valence-electron chi connectivity index (χ3n) is 4.32. The van der Waals surface area contributed by atoms with Gasteiger partial charge in [0.2, 0.25) is 0 Å². The molecule has 118 valence electrons. The summed E-state index contributed by atoms with van der Waals surface area (Å²) in [6.07, 6.45) is 9.13. The zero-order valence-corrected chi connectivity index (χ0v) is 12.7. The maximum absolute atomic E-state index is 13.0. The third-order valence-corrected chi connectivity index (χ3v) is 4.32. The van der Waals surface area contributed by atoms with Gasteiger partial charge >= 0.3 is 0 Å². The largest absolute Gasteiger partial charge is 0.304 e. The second-order valence-electron chi connectivity index (χ2n) is 5.90. The molecule has 0 fully saturated rings. The summed E-state index contributed by atoms with van der Waals surface area (Å²) in [4.78, 5) is 0. The maximum atomic E-state index is 13.0. The van der Waals surface area contributed by atoms with Crippen molar-refractivity contribution in [1.82, 2.24) is 25.3 Å². The monoisotopic (exact) mass is 311 g/mol. The van der Waals surface area contributed by atoms with Crippen LogP contribution >= 0.6 is 0 Å². The second kappa shape index (κ2) is 5.96. The number of H-pyrrole nitrogens is 1. The van der Waals surface area contributed by atoms with Crippen LogP contribution in [-0.2, 0) is 13.0 Å². The molecule has 0 spiro atoms. The summed E-state index contributed by atoms with van der Waals surface area (Å²) in [7, 11) is 0. The van der Waals surface area contributed by atoms with E-state index in [1.54, 1.807) is 16.8 Å². The van der Waals surface area contributed by atoms with E-state index in [4.69, 9.17) is 0 Å². The normalized spacial score (nSPS) is 17.2. The van der Waals surface area contributed by atoms with E-state index in [9.17, 15) is 4.39 Å². The highest BCUT2D eigenvalue weighted by Crippen LogP contribution is 2.27. The van der Waals surface area contributed by atoms with Crippen LogP contribution < -0.4 is 5.32 Å². The minimum Gasteiger partial charge on any atom is -0.304 e. The molecule has 4 rings (SSSR count). The van der Waals surface area contributed by atoms with Gasteiger partial charge in [-0.1, -0.05) is 0 Å². The topological polar surface area (TPSA) is 58.5 Å². The summed E-state index contributed by atoms with van der Waals surface area (Å²) >= 11 is 0. The third kappa shape index (κ3) is 2.90. The zero-order valence-electron chi connectivity index (χ0n) is 12.7. The van der Waals surface area contributed by atoms with Crippen molar-refractivity contribution in [3.8, 4) is 5.69 Å². The summed E-state index contributed by atoms with van der Waals surface area (Å²) in [6.45, 7) is 0.740. The lowest BCUT2D eigenvalue weighted by molar-refractivity contribution is 0.450. The van der Waals surface area contributed by atoms with Crippen LogP contribution in [0.2, 0.25) is 0 Å². The molecule has 0 bridgehead atoms. The smallest absolute Gasteiger partial charge is 0.123 e. The Morgan fingerprint density at radius 2 is 2.13 bits per heavy atom. The average Bonchev–Trinajstić information content (AvgIpc) is 3.23. The Labute approximate surface area is 133 Å². The maximum Gasteiger partial charge on any atom is 0.123 e. The van der Waals surface area contributed by atoms with Gasteiger partial charge in [-0.3, -0.25) is 5.10 Å². The van der Waals surface area contributed by atoms with Crippen molar-refractivity contribution < 1.29 is 4.39 Å². The number of hydrogen-bond acceptors (Lipinski definition) is 3. The summed E-state index contributed by atoms with van der Waals surface area (Å²) < 4.78 is 14.7. The Morgan fingerprint density at radius 3 is 3.00 bits per heavy atom. The number of halogens is 1. The molecule has 1 aliphatic carbocycles. The van der Waals surface area contributed by atoms with Crippen LogP contribution in [0.3, 0.4) is 0 Å². The predicted molar refractivity (Wildman–Crippen MR) is 84.6 cm³/mol. The number of nitrogens with zero attached hydrogens (tertiary/aromatic N) is 3. The Bertz CT molecular complexity index is 789. The number of aromatic nitrogens is 4. The zero-order chi connectivity index (χ0) is 15.6. The van der Waals surface area contributed by atoms with Gasteiger partial charge in [-0.25, -0.2) is 9.07 Å². The fourth-order valence-corrected chi connectivity index (χ4v) is 3.09. The SMILES string of the molecule is Fc1ccc(-n2cc(CNC3CCCc4cn[nH]c43)cn2)cc1. The molecule has 0 aliphatic heterocycles. The minimum absolute atomic E-state index is 0.240. The van der Waals surface area contributed by atoms with E-state index in [-0.39, 0.29) is 5.82 Å². The highest BCUT2D eigenvalue weighted by atomic mass is 19.1. The first-order chi connectivity index (χ1) is 11.3. The van der Waals surface area contributed by atoms with Gasteiger partial charge < -0.3 is 5.32 Å². The van der Waals surface area contributed by atoms with E-state index in [1.165, 1.54) is 29.8 Å². The molecule has 0 saturated carbocycles. The Morgan fingerprint density at radius 1 is 1.26 bits per heavy atom. The highest BCUT2D eigenvalue weighted by molar-refractivity contribution is 5.31. The van der Waals surface area contributed by atoms with Crippen LogP contribution in [0.4, 0.5) is 4.39 Å². The van der Waals surface area contributed by atoms with Crippen LogP contribution in [0.25, 0.3) is 5.69 Å². The second-order valence-corrected chi connectivity index (χ2v) is 5.90. The van der Waals surface area contributed by atoms with E-state index in [1.807, 2.05) is 18.6 Å². The van der Waals surface area contributed by atoms with E-state index in [2.05, 4.69) is 20.6 Å². The van der Waals surface area contributed by atoms with Crippen LogP contribution in [0, 0.1) is 5.82 Å². The van der Waals surface area contributed by atoms with Crippen LogP contribution in [0.15, 0.2) is 42.9 Å². The number of hydrogen-bond donors (Lipinski definition) is 2. The number of rotatable bonds is 4. The van der Waals surface area contributed by atoms with Gasteiger partial charge in [0.25, 0.3) is 0 Å². The van der Waals surface area contributed by atoms with Crippen molar-refractivity contribution in [2.24, 2.45) is 0 Å². The standard InChI is InChI=1S/C17H18FN5/c18-14-4-6-15(7-5-14)23-11-12(9-21-23)8-19-16-3-1-2-13-10-20-22-17(13)16/h4-7,9-11,16,19H,1-3,8H2,(H,20,22). The molecular formula is C17H18FN5. The Balaban J connectivity index is 1.44. The van der Waals surface area contributed by atoms with Crippen LogP contribution in [0.1, 0.15) is 35.7 Å².